The first kappa shape index (κ1) is 19.2. The fraction of sp³-hybridized carbons (Fsp3) is 0.192. The second kappa shape index (κ2) is 7.51. The topological polar surface area (TPSA) is 50.5 Å². The molecule has 2 aromatic heterocycles. The zero-order chi connectivity index (χ0) is 21.5. The molecule has 0 fully saturated rings. The van der Waals surface area contributed by atoms with Gasteiger partial charge in [-0.3, -0.25) is 4.79 Å². The van der Waals surface area contributed by atoms with Crippen molar-refractivity contribution in [3.63, 3.8) is 0 Å². The number of hydrogen-bond donors (Lipinski definition) is 0. The fourth-order valence-electron chi connectivity index (χ4n) is 4.27. The summed E-state index contributed by atoms with van der Waals surface area (Å²) in [6.07, 6.45) is 1.05. The third kappa shape index (κ3) is 3.32. The molecule has 0 spiro atoms. The van der Waals surface area contributed by atoms with E-state index in [9.17, 15) is 4.79 Å². The molecule has 5 aromatic rings. The van der Waals surface area contributed by atoms with Crippen molar-refractivity contribution in [1.82, 2.24) is 14.6 Å². The molecular weight excluding hydrogens is 384 g/mol. The van der Waals surface area contributed by atoms with Crippen molar-refractivity contribution < 1.29 is 4.79 Å². The Morgan fingerprint density at radius 1 is 0.968 bits per heavy atom. The Bertz CT molecular complexity index is 1450. The molecule has 0 bridgehead atoms. The standard InChI is InChI=1S/C26H24N4O/c1-17-22(18(2)30-26(27-17)23-10-6-7-11-24(23)28-30)14-15-25(31)29(3)21-13-12-19-8-4-5-9-20(19)16-21/h4-13,16H,14-15H2,1-3H3. The first-order valence-corrected chi connectivity index (χ1v) is 10.5. The summed E-state index contributed by atoms with van der Waals surface area (Å²) in [7, 11) is 1.84. The number of anilines is 1. The Hall–Kier alpha value is -3.73. The molecule has 0 N–H and O–H groups in total. The first-order valence-electron chi connectivity index (χ1n) is 10.5. The predicted octanol–water partition coefficient (Wildman–Crippen LogP) is 5.25. The summed E-state index contributed by atoms with van der Waals surface area (Å²) in [5.74, 6) is 0.0832. The van der Waals surface area contributed by atoms with E-state index in [1.54, 1.807) is 4.90 Å². The van der Waals surface area contributed by atoms with Crippen LogP contribution in [0.25, 0.3) is 27.3 Å². The molecule has 154 valence electrons. The smallest absolute Gasteiger partial charge is 0.227 e. The summed E-state index contributed by atoms with van der Waals surface area (Å²) in [5.41, 5.74) is 5.79. The molecule has 0 radical (unpaired) electrons. The van der Waals surface area contributed by atoms with E-state index in [4.69, 9.17) is 10.1 Å². The van der Waals surface area contributed by atoms with Gasteiger partial charge >= 0.3 is 0 Å². The highest BCUT2D eigenvalue weighted by Gasteiger charge is 2.17. The van der Waals surface area contributed by atoms with Gasteiger partial charge in [0.2, 0.25) is 5.91 Å². The molecule has 1 amide bonds. The Labute approximate surface area is 180 Å². The summed E-state index contributed by atoms with van der Waals surface area (Å²) in [6, 6.07) is 22.3. The molecule has 5 nitrogen and oxygen atoms in total. The fourth-order valence-corrected chi connectivity index (χ4v) is 4.27. The highest BCUT2D eigenvalue weighted by molar-refractivity contribution is 5.96. The predicted molar refractivity (Wildman–Crippen MR) is 126 cm³/mol. The van der Waals surface area contributed by atoms with Gasteiger partial charge in [0, 0.05) is 35.9 Å². The average molecular weight is 409 g/mol. The molecule has 5 heteroatoms. The van der Waals surface area contributed by atoms with Gasteiger partial charge in [-0.1, -0.05) is 42.5 Å². The molecule has 0 aliphatic carbocycles. The SMILES string of the molecule is Cc1nc2c3ccccc3nn2c(C)c1CCC(=O)N(C)c1ccc2ccccc2c1. The van der Waals surface area contributed by atoms with E-state index in [1.807, 2.05) is 61.0 Å². The van der Waals surface area contributed by atoms with E-state index < -0.39 is 0 Å². The van der Waals surface area contributed by atoms with E-state index in [-0.39, 0.29) is 5.91 Å². The lowest BCUT2D eigenvalue weighted by atomic mass is 10.1. The number of benzene rings is 3. The number of nitrogens with zero attached hydrogens (tertiary/aromatic N) is 4. The number of amides is 1. The van der Waals surface area contributed by atoms with Crippen molar-refractivity contribution in [2.75, 3.05) is 11.9 Å². The molecule has 3 aromatic carbocycles. The van der Waals surface area contributed by atoms with Crippen LogP contribution >= 0.6 is 0 Å². The van der Waals surface area contributed by atoms with Crippen LogP contribution in [0.1, 0.15) is 23.4 Å². The molecule has 0 atom stereocenters. The van der Waals surface area contributed by atoms with Gasteiger partial charge in [-0.2, -0.15) is 5.10 Å². The molecule has 0 saturated carbocycles. The second-order valence-corrected chi connectivity index (χ2v) is 8.00. The lowest BCUT2D eigenvalue weighted by molar-refractivity contribution is -0.118. The van der Waals surface area contributed by atoms with Gasteiger partial charge in [0.05, 0.1) is 5.52 Å². The van der Waals surface area contributed by atoms with E-state index in [2.05, 4.69) is 31.2 Å². The molecule has 0 aliphatic rings. The summed E-state index contributed by atoms with van der Waals surface area (Å²) < 4.78 is 1.91. The van der Waals surface area contributed by atoms with Gasteiger partial charge in [0.15, 0.2) is 5.65 Å². The number of hydrogen-bond acceptors (Lipinski definition) is 3. The van der Waals surface area contributed by atoms with Crippen LogP contribution in [-0.4, -0.2) is 27.6 Å². The highest BCUT2D eigenvalue weighted by Crippen LogP contribution is 2.25. The Morgan fingerprint density at radius 2 is 1.71 bits per heavy atom. The minimum Gasteiger partial charge on any atom is -0.315 e. The minimum atomic E-state index is 0.0832. The van der Waals surface area contributed by atoms with Crippen LogP contribution in [0.5, 0.6) is 0 Å². The Morgan fingerprint density at radius 3 is 2.55 bits per heavy atom. The van der Waals surface area contributed by atoms with Gasteiger partial charge in [-0.05, 0) is 60.9 Å². The second-order valence-electron chi connectivity index (χ2n) is 8.00. The van der Waals surface area contributed by atoms with Gasteiger partial charge in [-0.25, -0.2) is 9.50 Å². The van der Waals surface area contributed by atoms with Crippen LogP contribution in [0, 0.1) is 13.8 Å². The van der Waals surface area contributed by atoms with Gasteiger partial charge in [-0.15, -0.1) is 0 Å². The third-order valence-corrected chi connectivity index (χ3v) is 6.10. The van der Waals surface area contributed by atoms with Crippen LogP contribution in [0.15, 0.2) is 66.7 Å². The maximum atomic E-state index is 13.0. The molecule has 31 heavy (non-hydrogen) atoms. The molecule has 2 heterocycles. The van der Waals surface area contributed by atoms with Crippen LogP contribution in [0.2, 0.25) is 0 Å². The quantitative estimate of drug-likeness (QED) is 0.408. The Balaban J connectivity index is 1.40. The largest absolute Gasteiger partial charge is 0.315 e. The first-order chi connectivity index (χ1) is 15.0. The molecular formula is C26H24N4O. The highest BCUT2D eigenvalue weighted by atomic mass is 16.2. The summed E-state index contributed by atoms with van der Waals surface area (Å²) in [6.45, 7) is 4.07. The van der Waals surface area contributed by atoms with Crippen molar-refractivity contribution in [3.05, 3.63) is 83.7 Å². The van der Waals surface area contributed by atoms with Gasteiger partial charge < -0.3 is 4.90 Å². The molecule has 0 aliphatic heterocycles. The van der Waals surface area contributed by atoms with Crippen LogP contribution < -0.4 is 4.90 Å². The van der Waals surface area contributed by atoms with Crippen molar-refractivity contribution in [2.45, 2.75) is 26.7 Å². The summed E-state index contributed by atoms with van der Waals surface area (Å²) in [4.78, 5) is 19.5. The number of aryl methyl sites for hydroxylation is 2. The maximum absolute atomic E-state index is 13.0. The van der Waals surface area contributed by atoms with Crippen LogP contribution in [0.4, 0.5) is 5.69 Å². The third-order valence-electron chi connectivity index (χ3n) is 6.10. The molecule has 0 unspecified atom stereocenters. The number of carbonyl (C=O) groups is 1. The van der Waals surface area contributed by atoms with E-state index in [1.165, 1.54) is 5.39 Å². The number of aromatic nitrogens is 3. The van der Waals surface area contributed by atoms with Crippen LogP contribution in [-0.2, 0) is 11.2 Å². The van der Waals surface area contributed by atoms with Gasteiger partial charge in [0.25, 0.3) is 0 Å². The average Bonchev–Trinajstić information content (AvgIpc) is 3.16. The van der Waals surface area contributed by atoms with Gasteiger partial charge in [0.1, 0.15) is 0 Å². The normalized spacial score (nSPS) is 11.5. The zero-order valence-corrected chi connectivity index (χ0v) is 18.0. The van der Waals surface area contributed by atoms with E-state index in [0.717, 1.165) is 44.6 Å². The summed E-state index contributed by atoms with van der Waals surface area (Å²) in [5, 5.41) is 8.06. The monoisotopic (exact) mass is 408 g/mol. The zero-order valence-electron chi connectivity index (χ0n) is 18.0. The van der Waals surface area contributed by atoms with Crippen molar-refractivity contribution in [3.8, 4) is 0 Å². The van der Waals surface area contributed by atoms with Crippen molar-refractivity contribution >= 4 is 38.9 Å². The number of fused-ring (bicyclic) bond motifs is 4. The number of rotatable bonds is 4. The van der Waals surface area contributed by atoms with E-state index >= 15 is 0 Å². The molecule has 0 saturated heterocycles. The summed E-state index contributed by atoms with van der Waals surface area (Å²) >= 11 is 0. The maximum Gasteiger partial charge on any atom is 0.227 e. The van der Waals surface area contributed by atoms with E-state index in [0.29, 0.717) is 12.8 Å². The Kier molecular flexibility index (Phi) is 4.66. The molecule has 5 rings (SSSR count). The van der Waals surface area contributed by atoms with Crippen molar-refractivity contribution in [1.29, 1.82) is 0 Å². The number of carbonyl (C=O) groups excluding carboxylic acids is 1. The van der Waals surface area contributed by atoms with Crippen LogP contribution in [0.3, 0.4) is 0 Å². The van der Waals surface area contributed by atoms with Crippen molar-refractivity contribution in [2.24, 2.45) is 0 Å². The minimum absolute atomic E-state index is 0.0832. The lowest BCUT2D eigenvalue weighted by Gasteiger charge is -2.19. The lowest BCUT2D eigenvalue weighted by Crippen LogP contribution is -2.26.